The number of nitrogens with one attached hydrogen (secondary N) is 1. The summed E-state index contributed by atoms with van der Waals surface area (Å²) in [5.41, 5.74) is 1.16. The van der Waals surface area contributed by atoms with Crippen molar-refractivity contribution in [2.24, 2.45) is 0 Å². The summed E-state index contributed by atoms with van der Waals surface area (Å²) in [6.45, 7) is 5.38. The highest BCUT2D eigenvalue weighted by atomic mass is 32.3. The molecule has 0 saturated carbocycles. The van der Waals surface area contributed by atoms with Crippen LogP contribution >= 0.6 is 0 Å². The van der Waals surface area contributed by atoms with Crippen LogP contribution in [-0.4, -0.2) is 56.7 Å². The van der Waals surface area contributed by atoms with Crippen molar-refractivity contribution in [3.63, 3.8) is 0 Å². The van der Waals surface area contributed by atoms with Gasteiger partial charge in [0.05, 0.1) is 0 Å². The van der Waals surface area contributed by atoms with Gasteiger partial charge in [0.15, 0.2) is 0 Å². The van der Waals surface area contributed by atoms with Crippen LogP contribution in [0.3, 0.4) is 0 Å². The quantitative estimate of drug-likeness (QED) is 0.454. The van der Waals surface area contributed by atoms with Gasteiger partial charge in [0.2, 0.25) is 0 Å². The molecule has 1 saturated heterocycles. The van der Waals surface area contributed by atoms with Gasteiger partial charge in [0, 0.05) is 32.7 Å². The van der Waals surface area contributed by atoms with Crippen molar-refractivity contribution in [2.45, 2.75) is 13.5 Å². The first-order valence-electron chi connectivity index (χ1n) is 6.83. The molecule has 1 aromatic carbocycles. The molecule has 1 aromatic rings. The lowest BCUT2D eigenvalue weighted by molar-refractivity contribution is 0.232. The Morgan fingerprint density at radius 2 is 2.00 bits per heavy atom. The lowest BCUT2D eigenvalue weighted by Crippen LogP contribution is -2.43. The number of benzene rings is 1. The van der Waals surface area contributed by atoms with E-state index in [1.807, 2.05) is 0 Å². The van der Waals surface area contributed by atoms with E-state index in [-0.39, 0.29) is 11.2 Å². The van der Waals surface area contributed by atoms with E-state index in [0.717, 1.165) is 32.2 Å². The van der Waals surface area contributed by atoms with Crippen molar-refractivity contribution in [1.82, 2.24) is 10.2 Å². The van der Waals surface area contributed by atoms with Crippen molar-refractivity contribution < 1.29 is 26.5 Å². The fraction of sp³-hybridized carbons (Fsp3) is 0.500. The summed E-state index contributed by atoms with van der Waals surface area (Å²) < 4.78 is 38.5. The van der Waals surface area contributed by atoms with Gasteiger partial charge in [0.25, 0.3) is 0 Å². The Kier molecular flexibility index (Phi) is 5.40. The third-order valence-electron chi connectivity index (χ3n) is 3.58. The molecule has 0 spiro atoms. The van der Waals surface area contributed by atoms with Crippen LogP contribution in [-0.2, 0) is 17.0 Å². The van der Waals surface area contributed by atoms with Gasteiger partial charge in [-0.05, 0) is 29.6 Å². The third kappa shape index (κ3) is 4.65. The van der Waals surface area contributed by atoms with Crippen molar-refractivity contribution >= 4 is 23.1 Å². The molecule has 0 aliphatic carbocycles. The molecule has 0 atom stereocenters. The Morgan fingerprint density at radius 3 is 2.55 bits per heavy atom. The van der Waals surface area contributed by atoms with E-state index in [0.29, 0.717) is 17.7 Å². The lowest BCUT2D eigenvalue weighted by Gasteiger charge is -2.28. The van der Waals surface area contributed by atoms with Crippen molar-refractivity contribution in [2.75, 3.05) is 26.2 Å². The van der Waals surface area contributed by atoms with Crippen LogP contribution in [0.1, 0.15) is 11.1 Å². The highest BCUT2D eigenvalue weighted by Crippen LogP contribution is 2.24. The molecule has 0 radical (unpaired) electrons. The Labute approximate surface area is 129 Å². The molecule has 0 amide bonds. The topological polar surface area (TPSA) is 99.1 Å². The normalized spacial score (nSPS) is 16.5. The first-order valence-corrected chi connectivity index (χ1v) is 8.14. The Morgan fingerprint density at radius 1 is 1.36 bits per heavy atom. The number of rotatable bonds is 5. The van der Waals surface area contributed by atoms with Crippen LogP contribution in [0.15, 0.2) is 12.1 Å². The molecule has 0 unspecified atom stereocenters. The van der Waals surface area contributed by atoms with Crippen molar-refractivity contribution in [3.05, 3.63) is 23.3 Å². The predicted molar refractivity (Wildman–Crippen MR) is 79.8 cm³/mol. The standard InChI is InChI=1S/C12H18BFN2O5S/c1-9-10(8-16-4-2-15-3-5-16)6-11(13(17)18)7-12(9)21-22(14,19)20/h6-7,15,17-18H,2-5,8H2,1H3. The Bertz CT molecular complexity index is 635. The molecule has 10 heteroatoms. The van der Waals surface area contributed by atoms with Crippen LogP contribution in [0.25, 0.3) is 0 Å². The van der Waals surface area contributed by atoms with E-state index in [1.165, 1.54) is 0 Å². The average molecular weight is 332 g/mol. The number of halogens is 1. The molecule has 1 heterocycles. The summed E-state index contributed by atoms with van der Waals surface area (Å²) in [5, 5.41) is 21.8. The van der Waals surface area contributed by atoms with Gasteiger partial charge in [0.1, 0.15) is 5.75 Å². The van der Waals surface area contributed by atoms with E-state index in [4.69, 9.17) is 0 Å². The van der Waals surface area contributed by atoms with Crippen molar-refractivity contribution in [1.29, 1.82) is 0 Å². The maximum Gasteiger partial charge on any atom is 0.488 e. The van der Waals surface area contributed by atoms with E-state index in [2.05, 4.69) is 14.4 Å². The average Bonchev–Trinajstić information content (AvgIpc) is 2.42. The summed E-state index contributed by atoms with van der Waals surface area (Å²) in [7, 11) is -6.98. The highest BCUT2D eigenvalue weighted by molar-refractivity contribution is 7.81. The summed E-state index contributed by atoms with van der Waals surface area (Å²) >= 11 is 0. The molecule has 22 heavy (non-hydrogen) atoms. The Hall–Kier alpha value is -1.20. The van der Waals surface area contributed by atoms with Gasteiger partial charge in [-0.1, -0.05) is 9.95 Å². The van der Waals surface area contributed by atoms with Gasteiger partial charge in [-0.3, -0.25) is 4.90 Å². The molecule has 3 N–H and O–H groups in total. The zero-order valence-corrected chi connectivity index (χ0v) is 12.9. The second kappa shape index (κ2) is 6.92. The van der Waals surface area contributed by atoms with Gasteiger partial charge >= 0.3 is 17.6 Å². The van der Waals surface area contributed by atoms with E-state index in [9.17, 15) is 22.4 Å². The fourth-order valence-corrected chi connectivity index (χ4v) is 2.77. The van der Waals surface area contributed by atoms with E-state index in [1.54, 1.807) is 13.0 Å². The van der Waals surface area contributed by atoms with Crippen molar-refractivity contribution in [3.8, 4) is 5.75 Å². The molecule has 0 aromatic heterocycles. The minimum Gasteiger partial charge on any atom is -0.423 e. The van der Waals surface area contributed by atoms with Gasteiger partial charge in [-0.2, -0.15) is 8.42 Å². The second-order valence-electron chi connectivity index (χ2n) is 5.18. The van der Waals surface area contributed by atoms with E-state index < -0.39 is 17.6 Å². The molecule has 1 fully saturated rings. The van der Waals surface area contributed by atoms with Crippen LogP contribution in [0.2, 0.25) is 0 Å². The minimum absolute atomic E-state index is 0.0504. The fourth-order valence-electron chi connectivity index (χ4n) is 2.39. The predicted octanol–water partition coefficient (Wildman–Crippen LogP) is -1.33. The number of hydrogen-bond acceptors (Lipinski definition) is 7. The highest BCUT2D eigenvalue weighted by Gasteiger charge is 2.21. The monoisotopic (exact) mass is 332 g/mol. The smallest absolute Gasteiger partial charge is 0.423 e. The van der Waals surface area contributed by atoms with Gasteiger partial charge in [-0.15, -0.1) is 0 Å². The van der Waals surface area contributed by atoms with Crippen LogP contribution < -0.4 is 15.0 Å². The first kappa shape index (κ1) is 17.2. The maximum atomic E-state index is 12.8. The molecule has 122 valence electrons. The molecule has 1 aliphatic heterocycles. The molecular formula is C12H18BFN2O5S. The molecular weight excluding hydrogens is 314 g/mol. The first-order chi connectivity index (χ1) is 10.3. The zero-order chi connectivity index (χ0) is 16.3. The van der Waals surface area contributed by atoms with Crippen LogP contribution in [0.5, 0.6) is 5.75 Å². The number of nitrogens with zero attached hydrogens (tertiary/aromatic N) is 1. The summed E-state index contributed by atoms with van der Waals surface area (Å²) in [6.07, 6.45) is 0. The van der Waals surface area contributed by atoms with E-state index >= 15 is 0 Å². The number of hydrogen-bond donors (Lipinski definition) is 3. The SMILES string of the molecule is Cc1c(CN2CCNCC2)cc(B(O)O)cc1OS(=O)(=O)F. The molecule has 7 nitrogen and oxygen atoms in total. The molecule has 0 bridgehead atoms. The maximum absolute atomic E-state index is 12.8. The van der Waals surface area contributed by atoms with Gasteiger partial charge < -0.3 is 19.5 Å². The van der Waals surface area contributed by atoms with Crippen LogP contribution in [0, 0.1) is 6.92 Å². The second-order valence-corrected chi connectivity index (χ2v) is 6.13. The largest absolute Gasteiger partial charge is 0.488 e. The lowest BCUT2D eigenvalue weighted by atomic mass is 9.78. The molecule has 2 rings (SSSR count). The van der Waals surface area contributed by atoms with Gasteiger partial charge in [-0.25, -0.2) is 0 Å². The minimum atomic E-state index is -5.18. The van der Waals surface area contributed by atoms with Crippen LogP contribution in [0.4, 0.5) is 3.89 Å². The summed E-state index contributed by atoms with van der Waals surface area (Å²) in [6, 6.07) is 2.66. The number of piperazine rings is 1. The molecule has 1 aliphatic rings. The third-order valence-corrected chi connectivity index (χ3v) is 3.96. The summed E-state index contributed by atoms with van der Waals surface area (Å²) in [5.74, 6) is -0.238. The Balaban J connectivity index is 2.34. The summed E-state index contributed by atoms with van der Waals surface area (Å²) in [4.78, 5) is 2.13. The zero-order valence-electron chi connectivity index (χ0n) is 12.1.